The lowest BCUT2D eigenvalue weighted by molar-refractivity contribution is -0.142. The number of hydrogen-bond acceptors (Lipinski definition) is 4. The van der Waals surface area contributed by atoms with Gasteiger partial charge >= 0.3 is 5.97 Å². The molecule has 0 radical (unpaired) electrons. The molecule has 0 spiro atoms. The molecule has 0 saturated carbocycles. The monoisotopic (exact) mass is 367 g/mol. The average Bonchev–Trinajstić information content (AvgIpc) is 2.91. The number of halogens is 2. The van der Waals surface area contributed by atoms with Crippen molar-refractivity contribution in [2.45, 2.75) is 0 Å². The van der Waals surface area contributed by atoms with Crippen LogP contribution >= 0.6 is 15.9 Å². The highest BCUT2D eigenvalue weighted by molar-refractivity contribution is 9.10. The number of carbonyl (C=O) groups is 2. The molecule has 0 saturated heterocycles. The van der Waals surface area contributed by atoms with Crippen LogP contribution in [0.1, 0.15) is 5.76 Å². The normalized spacial score (nSPS) is 10.6. The average molecular weight is 368 g/mol. The number of carbonyl (C=O) groups excluding carboxylic acids is 2. The smallest absolute Gasteiger partial charge is 0.331 e. The summed E-state index contributed by atoms with van der Waals surface area (Å²) in [5.41, 5.74) is 0.0273. The Labute approximate surface area is 133 Å². The molecule has 0 unspecified atom stereocenters. The molecule has 2 rings (SSSR count). The Morgan fingerprint density at radius 3 is 2.73 bits per heavy atom. The van der Waals surface area contributed by atoms with Crippen molar-refractivity contribution in [1.82, 2.24) is 0 Å². The van der Waals surface area contributed by atoms with Gasteiger partial charge in [0.25, 0.3) is 5.91 Å². The third-order valence-corrected chi connectivity index (χ3v) is 2.90. The first-order chi connectivity index (χ1) is 10.5. The Morgan fingerprint density at radius 2 is 2.05 bits per heavy atom. The van der Waals surface area contributed by atoms with Gasteiger partial charge in [0, 0.05) is 6.08 Å². The van der Waals surface area contributed by atoms with Crippen molar-refractivity contribution in [3.8, 4) is 0 Å². The highest BCUT2D eigenvalue weighted by Crippen LogP contribution is 2.15. The van der Waals surface area contributed by atoms with E-state index >= 15 is 0 Å². The number of nitrogens with one attached hydrogen (secondary N) is 1. The van der Waals surface area contributed by atoms with Crippen LogP contribution < -0.4 is 5.32 Å². The van der Waals surface area contributed by atoms with Crippen molar-refractivity contribution in [2.24, 2.45) is 0 Å². The molecule has 2 aromatic rings. The van der Waals surface area contributed by atoms with Crippen LogP contribution in [0.15, 0.2) is 51.6 Å². The van der Waals surface area contributed by atoms with Gasteiger partial charge in [-0.2, -0.15) is 0 Å². The van der Waals surface area contributed by atoms with Crippen molar-refractivity contribution >= 4 is 39.6 Å². The topological polar surface area (TPSA) is 68.5 Å². The molecule has 0 bridgehead atoms. The Bertz CT molecular complexity index is 711. The Morgan fingerprint density at radius 1 is 1.27 bits per heavy atom. The van der Waals surface area contributed by atoms with E-state index in [0.717, 1.165) is 6.08 Å². The standard InChI is InChI=1S/C15H11BrFNO4/c16-13-7-5-10(22-13)6-8-15(20)21-9-14(19)18-12-4-2-1-3-11(12)17/h1-8H,9H2,(H,18,19)/b8-6+. The molecule has 5 nitrogen and oxygen atoms in total. The third-order valence-electron chi connectivity index (χ3n) is 2.47. The number of furan rings is 1. The molecule has 22 heavy (non-hydrogen) atoms. The van der Waals surface area contributed by atoms with Crippen LogP contribution in [0.3, 0.4) is 0 Å². The molecule has 1 aromatic carbocycles. The first kappa shape index (κ1) is 16.0. The quantitative estimate of drug-likeness (QED) is 0.649. The van der Waals surface area contributed by atoms with Crippen LogP contribution in [0.2, 0.25) is 0 Å². The van der Waals surface area contributed by atoms with E-state index in [1.807, 2.05) is 0 Å². The minimum Gasteiger partial charge on any atom is -0.452 e. The molecule has 1 amide bonds. The van der Waals surface area contributed by atoms with Crippen molar-refractivity contribution in [1.29, 1.82) is 0 Å². The molecule has 1 aromatic heterocycles. The number of benzene rings is 1. The van der Waals surface area contributed by atoms with Crippen molar-refractivity contribution in [3.63, 3.8) is 0 Å². The molecule has 0 aliphatic heterocycles. The van der Waals surface area contributed by atoms with Gasteiger partial charge in [-0.15, -0.1) is 0 Å². The molecular formula is C15H11BrFNO4. The fraction of sp³-hybridized carbons (Fsp3) is 0.0667. The summed E-state index contributed by atoms with van der Waals surface area (Å²) in [4.78, 5) is 23.0. The molecule has 1 N–H and O–H groups in total. The van der Waals surface area contributed by atoms with Gasteiger partial charge in [-0.3, -0.25) is 4.79 Å². The highest BCUT2D eigenvalue weighted by atomic mass is 79.9. The Balaban J connectivity index is 1.80. The largest absolute Gasteiger partial charge is 0.452 e. The Hall–Kier alpha value is -2.41. The van der Waals surface area contributed by atoms with E-state index in [2.05, 4.69) is 21.2 Å². The van der Waals surface area contributed by atoms with Gasteiger partial charge in [-0.1, -0.05) is 12.1 Å². The number of para-hydroxylation sites is 1. The zero-order valence-electron chi connectivity index (χ0n) is 11.2. The van der Waals surface area contributed by atoms with E-state index in [-0.39, 0.29) is 5.69 Å². The number of rotatable bonds is 5. The predicted molar refractivity (Wildman–Crippen MR) is 81.4 cm³/mol. The molecule has 0 aliphatic rings. The van der Waals surface area contributed by atoms with Gasteiger partial charge in [0.05, 0.1) is 5.69 Å². The minimum absolute atomic E-state index is 0.0273. The fourth-order valence-corrected chi connectivity index (χ4v) is 1.82. The fourth-order valence-electron chi connectivity index (χ4n) is 1.50. The lowest BCUT2D eigenvalue weighted by atomic mass is 10.3. The maximum Gasteiger partial charge on any atom is 0.331 e. The second-order valence-electron chi connectivity index (χ2n) is 4.11. The van der Waals surface area contributed by atoms with Crippen LogP contribution in [-0.2, 0) is 14.3 Å². The van der Waals surface area contributed by atoms with Crippen LogP contribution in [0.4, 0.5) is 10.1 Å². The zero-order chi connectivity index (χ0) is 15.9. The molecule has 0 atom stereocenters. The summed E-state index contributed by atoms with van der Waals surface area (Å²) in [7, 11) is 0. The number of anilines is 1. The van der Waals surface area contributed by atoms with Gasteiger partial charge in [-0.05, 0) is 46.3 Å². The molecule has 7 heteroatoms. The number of amides is 1. The number of esters is 1. The van der Waals surface area contributed by atoms with E-state index < -0.39 is 24.3 Å². The van der Waals surface area contributed by atoms with Gasteiger partial charge in [-0.25, -0.2) is 9.18 Å². The van der Waals surface area contributed by atoms with Crippen molar-refractivity contribution in [3.05, 3.63) is 58.7 Å². The second-order valence-corrected chi connectivity index (χ2v) is 4.89. The van der Waals surface area contributed by atoms with Gasteiger partial charge in [0.15, 0.2) is 11.3 Å². The van der Waals surface area contributed by atoms with Gasteiger partial charge in [0.2, 0.25) is 0 Å². The van der Waals surface area contributed by atoms with Crippen LogP contribution in [0.25, 0.3) is 6.08 Å². The molecular weight excluding hydrogens is 357 g/mol. The molecule has 0 aliphatic carbocycles. The van der Waals surface area contributed by atoms with E-state index in [0.29, 0.717) is 10.4 Å². The zero-order valence-corrected chi connectivity index (χ0v) is 12.8. The summed E-state index contributed by atoms with van der Waals surface area (Å²) < 4.78 is 23.7. The summed E-state index contributed by atoms with van der Waals surface area (Å²) in [5, 5.41) is 2.30. The summed E-state index contributed by atoms with van der Waals surface area (Å²) >= 11 is 3.13. The number of hydrogen-bond donors (Lipinski definition) is 1. The lowest BCUT2D eigenvalue weighted by Gasteiger charge is -2.05. The van der Waals surface area contributed by atoms with E-state index in [1.54, 1.807) is 18.2 Å². The van der Waals surface area contributed by atoms with E-state index in [9.17, 15) is 14.0 Å². The Kier molecular flexibility index (Phi) is 5.48. The summed E-state index contributed by atoms with van der Waals surface area (Å²) in [6.07, 6.45) is 2.53. The second kappa shape index (κ2) is 7.56. The first-order valence-corrected chi connectivity index (χ1v) is 6.98. The maximum absolute atomic E-state index is 13.3. The molecule has 1 heterocycles. The van der Waals surface area contributed by atoms with Gasteiger partial charge < -0.3 is 14.5 Å². The molecule has 0 fully saturated rings. The molecule has 114 valence electrons. The maximum atomic E-state index is 13.3. The lowest BCUT2D eigenvalue weighted by Crippen LogP contribution is -2.20. The van der Waals surface area contributed by atoms with E-state index in [1.165, 1.54) is 24.3 Å². The number of ether oxygens (including phenoxy) is 1. The SMILES string of the molecule is O=C(COC(=O)/C=C/c1ccc(Br)o1)Nc1ccccc1F. The van der Waals surface area contributed by atoms with Crippen molar-refractivity contribution in [2.75, 3.05) is 11.9 Å². The van der Waals surface area contributed by atoms with Crippen molar-refractivity contribution < 1.29 is 23.1 Å². The first-order valence-electron chi connectivity index (χ1n) is 6.19. The summed E-state index contributed by atoms with van der Waals surface area (Å²) in [6.45, 7) is -0.515. The minimum atomic E-state index is -0.712. The summed E-state index contributed by atoms with van der Waals surface area (Å²) in [6, 6.07) is 9.03. The van der Waals surface area contributed by atoms with Crippen LogP contribution in [0, 0.1) is 5.82 Å². The van der Waals surface area contributed by atoms with Crippen LogP contribution in [-0.4, -0.2) is 18.5 Å². The van der Waals surface area contributed by atoms with E-state index in [4.69, 9.17) is 9.15 Å². The predicted octanol–water partition coefficient (Wildman–Crippen LogP) is 3.38. The third kappa shape index (κ3) is 4.85. The van der Waals surface area contributed by atoms with Gasteiger partial charge in [0.1, 0.15) is 11.6 Å². The summed E-state index contributed by atoms with van der Waals surface area (Å²) in [5.74, 6) is -1.45. The highest BCUT2D eigenvalue weighted by Gasteiger charge is 2.08. The van der Waals surface area contributed by atoms with Crippen LogP contribution in [0.5, 0.6) is 0 Å².